The summed E-state index contributed by atoms with van der Waals surface area (Å²) >= 11 is 12.3. The fourth-order valence-electron chi connectivity index (χ4n) is 3.82. The molecule has 0 spiro atoms. The molecule has 1 saturated heterocycles. The van der Waals surface area contributed by atoms with Crippen LogP contribution in [-0.2, 0) is 17.8 Å². The molecule has 3 amide bonds. The number of nitrogens with zero attached hydrogens (tertiary/aromatic N) is 1. The van der Waals surface area contributed by atoms with Gasteiger partial charge in [-0.05, 0) is 61.4 Å². The molecule has 1 N–H and O–H groups in total. The Kier molecular flexibility index (Phi) is 7.98. The summed E-state index contributed by atoms with van der Waals surface area (Å²) in [6.45, 7) is 6.39. The number of rotatable bonds is 9. The predicted molar refractivity (Wildman–Crippen MR) is 143 cm³/mol. The maximum atomic E-state index is 13.1. The predicted octanol–water partition coefficient (Wildman–Crippen LogP) is 6.80. The number of ether oxygens (including phenoxy) is 2. The van der Waals surface area contributed by atoms with Crippen LogP contribution in [0.25, 0.3) is 6.08 Å². The number of imide groups is 1. The molecule has 0 saturated carbocycles. The molecule has 0 aromatic heterocycles. The molecule has 36 heavy (non-hydrogen) atoms. The second kappa shape index (κ2) is 11.3. The van der Waals surface area contributed by atoms with E-state index in [9.17, 15) is 9.59 Å². The number of carbonyl (C=O) groups is 2. The molecule has 0 atom stereocenters. The average molecular weight is 523 g/mol. The van der Waals surface area contributed by atoms with E-state index in [-0.39, 0.29) is 12.3 Å². The fourth-order valence-corrected chi connectivity index (χ4v) is 4.19. The third-order valence-electron chi connectivity index (χ3n) is 5.40. The molecule has 0 aliphatic carbocycles. The summed E-state index contributed by atoms with van der Waals surface area (Å²) in [5, 5.41) is 3.68. The number of hydrogen-bond donors (Lipinski definition) is 1. The van der Waals surface area contributed by atoms with Crippen molar-refractivity contribution >= 4 is 46.9 Å². The lowest BCUT2D eigenvalue weighted by atomic mass is 10.0. The van der Waals surface area contributed by atoms with Gasteiger partial charge in [0.2, 0.25) is 0 Å². The van der Waals surface area contributed by atoms with Crippen molar-refractivity contribution in [2.24, 2.45) is 0 Å². The van der Waals surface area contributed by atoms with E-state index in [1.165, 1.54) is 0 Å². The van der Waals surface area contributed by atoms with Gasteiger partial charge in [-0.15, -0.1) is 6.58 Å². The van der Waals surface area contributed by atoms with Crippen LogP contribution in [0.15, 0.2) is 79.0 Å². The van der Waals surface area contributed by atoms with Crippen molar-refractivity contribution in [3.8, 4) is 11.5 Å². The summed E-state index contributed by atoms with van der Waals surface area (Å²) in [6.07, 6.45) is 3.87. The molecule has 1 fully saturated rings. The number of amides is 3. The first kappa shape index (κ1) is 25.4. The Bertz CT molecular complexity index is 1350. The topological polar surface area (TPSA) is 67.9 Å². The number of anilines is 1. The van der Waals surface area contributed by atoms with Crippen molar-refractivity contribution in [1.29, 1.82) is 0 Å². The second-order valence-electron chi connectivity index (χ2n) is 7.92. The summed E-state index contributed by atoms with van der Waals surface area (Å²) in [4.78, 5) is 26.7. The lowest BCUT2D eigenvalue weighted by Gasteiger charge is -2.17. The Balaban J connectivity index is 1.67. The highest BCUT2D eigenvalue weighted by Crippen LogP contribution is 2.36. The number of halogens is 2. The van der Waals surface area contributed by atoms with Gasteiger partial charge in [0.05, 0.1) is 12.3 Å². The maximum Gasteiger partial charge on any atom is 0.333 e. The van der Waals surface area contributed by atoms with Gasteiger partial charge in [-0.25, -0.2) is 9.69 Å². The molecule has 1 aliphatic heterocycles. The molecule has 1 aliphatic rings. The summed E-state index contributed by atoms with van der Waals surface area (Å²) in [6, 6.07) is 17.1. The molecular formula is C28H24Cl2N2O4. The van der Waals surface area contributed by atoms with E-state index in [0.717, 1.165) is 16.0 Å². The van der Waals surface area contributed by atoms with Gasteiger partial charge >= 0.3 is 6.03 Å². The zero-order valence-electron chi connectivity index (χ0n) is 19.6. The van der Waals surface area contributed by atoms with Gasteiger partial charge < -0.3 is 14.8 Å². The second-order valence-corrected chi connectivity index (χ2v) is 8.77. The van der Waals surface area contributed by atoms with Crippen LogP contribution in [0.3, 0.4) is 0 Å². The van der Waals surface area contributed by atoms with Gasteiger partial charge in [0, 0.05) is 21.2 Å². The van der Waals surface area contributed by atoms with Gasteiger partial charge in [-0.3, -0.25) is 4.79 Å². The van der Waals surface area contributed by atoms with Crippen molar-refractivity contribution in [3.05, 3.63) is 106 Å². The van der Waals surface area contributed by atoms with Crippen LogP contribution < -0.4 is 19.7 Å². The van der Waals surface area contributed by atoms with Gasteiger partial charge in [-0.1, -0.05) is 53.5 Å². The monoisotopic (exact) mass is 522 g/mol. The number of carbonyl (C=O) groups excluding carboxylic acids is 2. The van der Waals surface area contributed by atoms with E-state index in [2.05, 4.69) is 11.9 Å². The molecule has 1 heterocycles. The van der Waals surface area contributed by atoms with Crippen LogP contribution in [0.4, 0.5) is 10.5 Å². The molecule has 0 bridgehead atoms. The summed E-state index contributed by atoms with van der Waals surface area (Å²) in [7, 11) is 0. The molecule has 6 nitrogen and oxygen atoms in total. The number of nitrogens with one attached hydrogen (secondary N) is 1. The van der Waals surface area contributed by atoms with Crippen molar-refractivity contribution in [3.63, 3.8) is 0 Å². The van der Waals surface area contributed by atoms with Crippen LogP contribution in [0.1, 0.15) is 23.6 Å². The van der Waals surface area contributed by atoms with Crippen LogP contribution in [0.5, 0.6) is 11.5 Å². The van der Waals surface area contributed by atoms with E-state index in [1.807, 2.05) is 37.3 Å². The first-order valence-corrected chi connectivity index (χ1v) is 12.1. The van der Waals surface area contributed by atoms with Gasteiger partial charge in [-0.2, -0.15) is 0 Å². The number of benzene rings is 3. The maximum absolute atomic E-state index is 13.1. The lowest BCUT2D eigenvalue weighted by molar-refractivity contribution is -0.113. The molecule has 8 heteroatoms. The van der Waals surface area contributed by atoms with Gasteiger partial charge in [0.15, 0.2) is 11.5 Å². The summed E-state index contributed by atoms with van der Waals surface area (Å²) < 4.78 is 12.0. The third kappa shape index (κ3) is 5.56. The number of urea groups is 1. The fraction of sp³-hybridized carbons (Fsp3) is 0.143. The van der Waals surface area contributed by atoms with E-state index in [4.69, 9.17) is 32.7 Å². The first-order chi connectivity index (χ1) is 17.4. The quantitative estimate of drug-likeness (QED) is 0.190. The molecule has 4 rings (SSSR count). The zero-order chi connectivity index (χ0) is 25.7. The minimum absolute atomic E-state index is 0.136. The summed E-state index contributed by atoms with van der Waals surface area (Å²) in [5.41, 5.74) is 2.85. The van der Waals surface area contributed by atoms with Crippen molar-refractivity contribution in [2.45, 2.75) is 20.0 Å². The van der Waals surface area contributed by atoms with Crippen LogP contribution in [0, 0.1) is 0 Å². The molecular weight excluding hydrogens is 499 g/mol. The molecule has 3 aromatic rings. The number of hydrogen-bond acceptors (Lipinski definition) is 4. The Morgan fingerprint density at radius 3 is 2.53 bits per heavy atom. The molecule has 184 valence electrons. The molecule has 0 unspecified atom stereocenters. The largest absolute Gasteiger partial charge is 0.490 e. The highest BCUT2D eigenvalue weighted by molar-refractivity contribution is 6.32. The van der Waals surface area contributed by atoms with E-state index < -0.39 is 11.9 Å². The van der Waals surface area contributed by atoms with Crippen LogP contribution in [-0.4, -0.2) is 18.5 Å². The smallest absolute Gasteiger partial charge is 0.333 e. The SMILES string of the molecule is C=CCc1cc(/C=C2/NC(=O)N(c3cccc(Cl)c3)C2=O)cc(OCC)c1OCc1ccccc1Cl. The normalized spacial score (nSPS) is 14.2. The van der Waals surface area contributed by atoms with E-state index in [0.29, 0.717) is 45.8 Å². The Morgan fingerprint density at radius 1 is 1.00 bits per heavy atom. The lowest BCUT2D eigenvalue weighted by Crippen LogP contribution is -2.30. The highest BCUT2D eigenvalue weighted by atomic mass is 35.5. The van der Waals surface area contributed by atoms with Crippen LogP contribution in [0.2, 0.25) is 10.0 Å². The highest BCUT2D eigenvalue weighted by Gasteiger charge is 2.35. The van der Waals surface area contributed by atoms with Gasteiger partial charge in [0.25, 0.3) is 5.91 Å². The van der Waals surface area contributed by atoms with Crippen molar-refractivity contribution < 1.29 is 19.1 Å². The van der Waals surface area contributed by atoms with Crippen LogP contribution >= 0.6 is 23.2 Å². The molecule has 0 radical (unpaired) electrons. The Morgan fingerprint density at radius 2 is 1.81 bits per heavy atom. The zero-order valence-corrected chi connectivity index (χ0v) is 21.1. The minimum Gasteiger partial charge on any atom is -0.490 e. The van der Waals surface area contributed by atoms with Crippen molar-refractivity contribution in [1.82, 2.24) is 5.32 Å². The Hall–Kier alpha value is -3.74. The third-order valence-corrected chi connectivity index (χ3v) is 6.01. The first-order valence-electron chi connectivity index (χ1n) is 11.3. The van der Waals surface area contributed by atoms with Crippen molar-refractivity contribution in [2.75, 3.05) is 11.5 Å². The Labute approximate surface area is 219 Å². The van der Waals surface area contributed by atoms with E-state index in [1.54, 1.807) is 42.5 Å². The molecule has 3 aromatic carbocycles. The minimum atomic E-state index is -0.551. The van der Waals surface area contributed by atoms with Gasteiger partial charge in [0.1, 0.15) is 12.3 Å². The van der Waals surface area contributed by atoms with E-state index >= 15 is 0 Å². The summed E-state index contributed by atoms with van der Waals surface area (Å²) in [5.74, 6) is 0.602. The average Bonchev–Trinajstić information content (AvgIpc) is 3.12. The standard InChI is InChI=1S/C28H24Cl2N2O4/c1-3-8-19-13-18(14-24-27(33)32(28(34)31-24)22-11-7-10-21(29)16-22)15-25(35-4-2)26(19)36-17-20-9-5-6-12-23(20)30/h3,5-7,9-16H,1,4,8,17H2,2H3,(H,31,34)/b24-14+. The number of allylic oxidation sites excluding steroid dienone is 1.